The molecule has 0 aliphatic carbocycles. The largest absolute Gasteiger partial charge is 0.497 e. The molecule has 1 aliphatic rings. The van der Waals surface area contributed by atoms with Gasteiger partial charge in [-0.2, -0.15) is 4.68 Å². The molecule has 0 radical (unpaired) electrons. The van der Waals surface area contributed by atoms with E-state index in [0.29, 0.717) is 10.7 Å². The number of carbonyl (C=O) groups is 2. The van der Waals surface area contributed by atoms with Crippen LogP contribution >= 0.6 is 11.8 Å². The van der Waals surface area contributed by atoms with Crippen molar-refractivity contribution >= 4 is 29.1 Å². The summed E-state index contributed by atoms with van der Waals surface area (Å²) in [6, 6.07) is 12.6. The minimum absolute atomic E-state index is 0.0485. The van der Waals surface area contributed by atoms with Crippen LogP contribution in [0.15, 0.2) is 47.6 Å². The Balaban J connectivity index is 1.48. The van der Waals surface area contributed by atoms with Gasteiger partial charge in [-0.3, -0.25) is 9.59 Å². The van der Waals surface area contributed by atoms with Crippen LogP contribution in [0.3, 0.4) is 0 Å². The van der Waals surface area contributed by atoms with E-state index in [9.17, 15) is 9.59 Å². The molecular formula is C19H17N5O3S. The number of nitrogens with one attached hydrogen (secondary N) is 1. The van der Waals surface area contributed by atoms with Gasteiger partial charge < -0.3 is 10.1 Å². The lowest BCUT2D eigenvalue weighted by Crippen LogP contribution is -2.08. The van der Waals surface area contributed by atoms with Crippen LogP contribution in [0, 0.1) is 0 Å². The molecule has 2 heterocycles. The summed E-state index contributed by atoms with van der Waals surface area (Å²) in [5, 5.41) is 15.0. The second-order valence-electron chi connectivity index (χ2n) is 6.30. The number of methoxy groups -OCH3 is 1. The number of hydrogen-bond acceptors (Lipinski definition) is 7. The first kappa shape index (κ1) is 18.2. The monoisotopic (exact) mass is 395 g/mol. The van der Waals surface area contributed by atoms with Gasteiger partial charge in [0.2, 0.25) is 11.1 Å². The fourth-order valence-electron chi connectivity index (χ4n) is 2.96. The number of benzene rings is 2. The molecule has 4 rings (SSSR count). The molecule has 1 amide bonds. The molecule has 0 bridgehead atoms. The van der Waals surface area contributed by atoms with Crippen LogP contribution in [0.1, 0.15) is 28.8 Å². The summed E-state index contributed by atoms with van der Waals surface area (Å²) in [5.74, 6) is 0.569. The number of ketones is 1. The molecule has 2 aromatic carbocycles. The second-order valence-corrected chi connectivity index (χ2v) is 7.24. The lowest BCUT2D eigenvalue weighted by molar-refractivity contribution is -0.116. The van der Waals surface area contributed by atoms with Crippen molar-refractivity contribution in [3.8, 4) is 11.4 Å². The van der Waals surface area contributed by atoms with E-state index in [1.165, 1.54) is 11.8 Å². The zero-order chi connectivity index (χ0) is 19.7. The number of amides is 1. The Kier molecular flexibility index (Phi) is 4.82. The van der Waals surface area contributed by atoms with Crippen LogP contribution in [0.4, 0.5) is 5.69 Å². The number of ether oxygens (including phenoxy) is 1. The molecule has 142 valence electrons. The number of fused-ring (bicyclic) bond motifs is 1. The molecule has 0 spiro atoms. The zero-order valence-electron chi connectivity index (χ0n) is 15.2. The van der Waals surface area contributed by atoms with Crippen molar-refractivity contribution in [2.45, 2.75) is 18.0 Å². The summed E-state index contributed by atoms with van der Waals surface area (Å²) in [5.41, 5.74) is 2.96. The van der Waals surface area contributed by atoms with Crippen molar-refractivity contribution in [1.82, 2.24) is 20.2 Å². The predicted molar refractivity (Wildman–Crippen MR) is 104 cm³/mol. The average molecular weight is 395 g/mol. The zero-order valence-corrected chi connectivity index (χ0v) is 16.1. The third-order valence-electron chi connectivity index (χ3n) is 4.58. The molecule has 0 saturated carbocycles. The van der Waals surface area contributed by atoms with Crippen molar-refractivity contribution in [1.29, 1.82) is 0 Å². The molecule has 1 aliphatic heterocycles. The number of carbonyl (C=O) groups excluding carboxylic acids is 2. The molecule has 1 N–H and O–H groups in total. The Labute approximate surface area is 165 Å². The number of aromatic nitrogens is 4. The molecule has 9 heteroatoms. The highest BCUT2D eigenvalue weighted by Gasteiger charge is 2.27. The maximum Gasteiger partial charge on any atom is 0.231 e. The van der Waals surface area contributed by atoms with Gasteiger partial charge in [-0.25, -0.2) is 0 Å². The minimum Gasteiger partial charge on any atom is -0.497 e. The van der Waals surface area contributed by atoms with Gasteiger partial charge in [-0.15, -0.1) is 5.10 Å². The SMILES string of the molecule is COc1ccc(-n2nnnc2SCC(=O)c2ccc3c(c2)[C@@H](C)C(=O)N3)cc1. The maximum atomic E-state index is 12.6. The van der Waals surface area contributed by atoms with Crippen molar-refractivity contribution in [3.63, 3.8) is 0 Å². The van der Waals surface area contributed by atoms with Gasteiger partial charge in [-0.05, 0) is 65.4 Å². The van der Waals surface area contributed by atoms with Crippen molar-refractivity contribution in [2.24, 2.45) is 0 Å². The quantitative estimate of drug-likeness (QED) is 0.506. The van der Waals surface area contributed by atoms with Crippen LogP contribution in [0.2, 0.25) is 0 Å². The van der Waals surface area contributed by atoms with E-state index in [2.05, 4.69) is 20.8 Å². The lowest BCUT2D eigenvalue weighted by Gasteiger charge is -2.07. The van der Waals surface area contributed by atoms with Gasteiger partial charge in [-0.1, -0.05) is 11.8 Å². The second kappa shape index (κ2) is 7.43. The van der Waals surface area contributed by atoms with E-state index in [1.54, 1.807) is 30.0 Å². The average Bonchev–Trinajstić information content (AvgIpc) is 3.30. The van der Waals surface area contributed by atoms with E-state index in [1.807, 2.05) is 31.2 Å². The molecule has 8 nitrogen and oxygen atoms in total. The summed E-state index contributed by atoms with van der Waals surface area (Å²) in [6.07, 6.45) is 0. The first-order chi connectivity index (χ1) is 13.6. The van der Waals surface area contributed by atoms with E-state index < -0.39 is 0 Å². The topological polar surface area (TPSA) is 99.0 Å². The molecule has 1 atom stereocenters. The first-order valence-corrected chi connectivity index (χ1v) is 9.59. The Morgan fingerprint density at radius 2 is 2.04 bits per heavy atom. The normalized spacial score (nSPS) is 15.2. The van der Waals surface area contributed by atoms with Crippen LogP contribution in [-0.4, -0.2) is 44.8 Å². The fraction of sp³-hybridized carbons (Fsp3) is 0.211. The fourth-order valence-corrected chi connectivity index (χ4v) is 3.74. The van der Waals surface area contributed by atoms with Crippen LogP contribution in [-0.2, 0) is 4.79 Å². The number of tetrazole rings is 1. The summed E-state index contributed by atoms with van der Waals surface area (Å²) in [7, 11) is 1.60. The van der Waals surface area contributed by atoms with Crippen molar-refractivity contribution < 1.29 is 14.3 Å². The van der Waals surface area contributed by atoms with E-state index in [-0.39, 0.29) is 23.4 Å². The Hall–Kier alpha value is -3.20. The van der Waals surface area contributed by atoms with E-state index in [0.717, 1.165) is 22.7 Å². The van der Waals surface area contributed by atoms with Crippen molar-refractivity contribution in [2.75, 3.05) is 18.2 Å². The highest BCUT2D eigenvalue weighted by atomic mass is 32.2. The lowest BCUT2D eigenvalue weighted by atomic mass is 9.99. The number of Topliss-reactive ketones (excluding diaryl/α,β-unsaturated/α-hetero) is 1. The Morgan fingerprint density at radius 1 is 1.25 bits per heavy atom. The molecule has 0 saturated heterocycles. The van der Waals surface area contributed by atoms with Gasteiger partial charge >= 0.3 is 0 Å². The van der Waals surface area contributed by atoms with E-state index >= 15 is 0 Å². The third kappa shape index (κ3) is 3.36. The number of nitrogens with zero attached hydrogens (tertiary/aromatic N) is 4. The molecule has 1 aromatic heterocycles. The van der Waals surface area contributed by atoms with Gasteiger partial charge in [0, 0.05) is 11.3 Å². The highest BCUT2D eigenvalue weighted by molar-refractivity contribution is 7.99. The number of anilines is 1. The highest BCUT2D eigenvalue weighted by Crippen LogP contribution is 2.33. The van der Waals surface area contributed by atoms with Crippen LogP contribution in [0.25, 0.3) is 5.69 Å². The molecular weight excluding hydrogens is 378 g/mol. The Bertz CT molecular complexity index is 1050. The van der Waals surface area contributed by atoms with Gasteiger partial charge in [0.05, 0.1) is 24.5 Å². The standard InChI is InChI=1S/C19H17N5O3S/c1-11-15-9-12(3-8-16(15)20-18(11)26)17(25)10-28-19-21-22-23-24(19)13-4-6-14(27-2)7-5-13/h3-9,11H,10H2,1-2H3,(H,20,26)/t11-/m1/s1. The molecule has 0 unspecified atom stereocenters. The first-order valence-electron chi connectivity index (χ1n) is 8.60. The smallest absolute Gasteiger partial charge is 0.231 e. The van der Waals surface area contributed by atoms with Gasteiger partial charge in [0.15, 0.2) is 5.78 Å². The number of thioether (sulfide) groups is 1. The maximum absolute atomic E-state index is 12.6. The van der Waals surface area contributed by atoms with Crippen LogP contribution < -0.4 is 10.1 Å². The van der Waals surface area contributed by atoms with Crippen molar-refractivity contribution in [3.05, 3.63) is 53.6 Å². The molecule has 28 heavy (non-hydrogen) atoms. The van der Waals surface area contributed by atoms with Gasteiger partial charge in [0.1, 0.15) is 5.75 Å². The third-order valence-corrected chi connectivity index (χ3v) is 5.50. The summed E-state index contributed by atoms with van der Waals surface area (Å²) < 4.78 is 6.73. The summed E-state index contributed by atoms with van der Waals surface area (Å²) in [6.45, 7) is 1.83. The summed E-state index contributed by atoms with van der Waals surface area (Å²) in [4.78, 5) is 24.4. The predicted octanol–water partition coefficient (Wildman–Crippen LogP) is 2.70. The molecule has 3 aromatic rings. The van der Waals surface area contributed by atoms with E-state index in [4.69, 9.17) is 4.74 Å². The summed E-state index contributed by atoms with van der Waals surface area (Å²) >= 11 is 1.26. The van der Waals surface area contributed by atoms with Crippen LogP contribution in [0.5, 0.6) is 5.75 Å². The number of rotatable bonds is 6. The Morgan fingerprint density at radius 3 is 2.79 bits per heavy atom. The number of hydrogen-bond donors (Lipinski definition) is 1. The van der Waals surface area contributed by atoms with Gasteiger partial charge in [0.25, 0.3) is 0 Å². The minimum atomic E-state index is -0.252. The molecule has 0 fully saturated rings.